The normalized spacial score (nSPS) is 26.9. The van der Waals surface area contributed by atoms with Crippen LogP contribution in [0, 0.1) is 16.7 Å². The van der Waals surface area contributed by atoms with Crippen molar-refractivity contribution in [3.63, 3.8) is 0 Å². The molecule has 1 aliphatic carbocycles. The number of ether oxygens (including phenoxy) is 4. The summed E-state index contributed by atoms with van der Waals surface area (Å²) in [5.74, 6) is -1.34. The molecule has 6 atom stereocenters. The molecule has 314 valence electrons. The van der Waals surface area contributed by atoms with Crippen LogP contribution in [0.15, 0.2) is 65.6 Å². The molecule has 3 aliphatic rings. The minimum Gasteiger partial charge on any atom is -0.444 e. The van der Waals surface area contributed by atoms with Crippen LogP contribution in [0.4, 0.5) is 4.79 Å². The van der Waals surface area contributed by atoms with Gasteiger partial charge >= 0.3 is 6.09 Å². The van der Waals surface area contributed by atoms with Crippen molar-refractivity contribution < 1.29 is 41.7 Å². The Labute approximate surface area is 338 Å². The van der Waals surface area contributed by atoms with E-state index in [4.69, 9.17) is 23.4 Å². The molecule has 2 unspecified atom stereocenters. The number of carbonyl (C=O) groups is 1. The predicted octanol–water partition coefficient (Wildman–Crippen LogP) is 9.12. The van der Waals surface area contributed by atoms with Gasteiger partial charge in [0.25, 0.3) is 0 Å². The summed E-state index contributed by atoms with van der Waals surface area (Å²) in [6, 6.07) is 17.9. The second-order valence-electron chi connectivity index (χ2n) is 19.0. The van der Waals surface area contributed by atoms with Crippen molar-refractivity contribution in [3.8, 4) is 0 Å². The maximum atomic E-state index is 14.6. The topological polar surface area (TPSA) is 121 Å². The third-order valence-electron chi connectivity index (χ3n) is 13.9. The number of sulfone groups is 1. The molecular weight excluding hydrogens is 747 g/mol. The van der Waals surface area contributed by atoms with Crippen LogP contribution in [-0.2, 0) is 39.8 Å². The first-order valence-corrected chi connectivity index (χ1v) is 25.1. The van der Waals surface area contributed by atoms with E-state index in [0.717, 1.165) is 31.2 Å². The number of carbonyl (C=O) groups excluding carboxylic acids is 1. The lowest BCUT2D eigenvalue weighted by atomic mass is 9.51. The first-order chi connectivity index (χ1) is 26.1. The molecule has 0 aromatic heterocycles. The van der Waals surface area contributed by atoms with Gasteiger partial charge in [-0.1, -0.05) is 90.1 Å². The number of hydrogen-bond donors (Lipinski definition) is 1. The molecule has 2 aromatic rings. The number of hydrogen-bond acceptors (Lipinski definition) is 9. The fourth-order valence-corrected chi connectivity index (χ4v) is 12.4. The summed E-state index contributed by atoms with van der Waals surface area (Å²) >= 11 is 0. The second kappa shape index (κ2) is 17.1. The Morgan fingerprint density at radius 2 is 1.57 bits per heavy atom. The summed E-state index contributed by atoms with van der Waals surface area (Å²) in [6.45, 7) is 23.3. The molecule has 10 nitrogen and oxygen atoms in total. The van der Waals surface area contributed by atoms with E-state index in [1.807, 2.05) is 51.1 Å². The Kier molecular flexibility index (Phi) is 13.7. The monoisotopic (exact) mass is 815 g/mol. The molecule has 2 heterocycles. The van der Waals surface area contributed by atoms with Crippen molar-refractivity contribution in [1.82, 2.24) is 4.90 Å². The van der Waals surface area contributed by atoms with Gasteiger partial charge in [0.15, 0.2) is 23.9 Å². The van der Waals surface area contributed by atoms with Gasteiger partial charge in [0.05, 0.1) is 42.1 Å². The Balaban J connectivity index is 1.36. The van der Waals surface area contributed by atoms with E-state index >= 15 is 0 Å². The van der Waals surface area contributed by atoms with E-state index in [1.54, 1.807) is 35.2 Å². The predicted molar refractivity (Wildman–Crippen MR) is 221 cm³/mol. The van der Waals surface area contributed by atoms with E-state index < -0.39 is 64.6 Å². The fourth-order valence-electron chi connectivity index (χ4n) is 9.24. The average molecular weight is 816 g/mol. The zero-order valence-electron chi connectivity index (χ0n) is 35.6. The van der Waals surface area contributed by atoms with Crippen molar-refractivity contribution in [2.45, 2.75) is 159 Å². The number of nitrogens with zero attached hydrogens (tertiary/aromatic N) is 1. The number of rotatable bonds is 15. The molecule has 2 saturated heterocycles. The molecule has 3 fully saturated rings. The second-order valence-corrected chi connectivity index (χ2v) is 25.9. The lowest BCUT2D eigenvalue weighted by Gasteiger charge is -2.59. The highest BCUT2D eigenvalue weighted by molar-refractivity contribution is 7.92. The summed E-state index contributed by atoms with van der Waals surface area (Å²) in [7, 11) is -5.99. The van der Waals surface area contributed by atoms with Gasteiger partial charge in [0.2, 0.25) is 0 Å². The van der Waals surface area contributed by atoms with Crippen LogP contribution in [0.5, 0.6) is 0 Å². The molecule has 1 N–H and O–H groups in total. The Morgan fingerprint density at radius 1 is 0.964 bits per heavy atom. The van der Waals surface area contributed by atoms with Crippen LogP contribution in [-0.4, -0.2) is 88.2 Å². The summed E-state index contributed by atoms with van der Waals surface area (Å²) in [5.41, 5.74) is -0.866. The summed E-state index contributed by atoms with van der Waals surface area (Å²) in [6.07, 6.45) is 2.37. The molecule has 12 heteroatoms. The first-order valence-electron chi connectivity index (χ1n) is 20.6. The zero-order chi connectivity index (χ0) is 41.2. The molecule has 2 aromatic carbocycles. The van der Waals surface area contributed by atoms with Crippen molar-refractivity contribution in [2.75, 3.05) is 26.4 Å². The van der Waals surface area contributed by atoms with Crippen LogP contribution in [0.3, 0.4) is 0 Å². The van der Waals surface area contributed by atoms with E-state index in [9.17, 15) is 18.3 Å². The average Bonchev–Trinajstić information content (AvgIpc) is 3.73. The van der Waals surface area contributed by atoms with E-state index in [1.165, 1.54) is 0 Å². The van der Waals surface area contributed by atoms with Crippen molar-refractivity contribution in [3.05, 3.63) is 66.2 Å². The third kappa shape index (κ3) is 9.27. The van der Waals surface area contributed by atoms with Crippen molar-refractivity contribution in [2.24, 2.45) is 16.7 Å². The molecule has 1 amide bonds. The maximum absolute atomic E-state index is 14.6. The maximum Gasteiger partial charge on any atom is 0.412 e. The first kappa shape index (κ1) is 44.8. The fraction of sp³-hybridized carbons (Fsp3) is 0.705. The van der Waals surface area contributed by atoms with Crippen LogP contribution in [0.1, 0.15) is 106 Å². The van der Waals surface area contributed by atoms with E-state index in [0.29, 0.717) is 32.7 Å². The molecule has 5 rings (SSSR count). The van der Waals surface area contributed by atoms with Gasteiger partial charge in [-0.2, -0.15) is 0 Å². The lowest BCUT2D eigenvalue weighted by molar-refractivity contribution is -0.293. The van der Waals surface area contributed by atoms with Crippen molar-refractivity contribution >= 4 is 24.2 Å². The SMILES string of the molecule is C[C@@H](C[C@@H]1CN(C(=O)OCc2ccccc2)C(C)(C)O1)C(C(O)CC[C@]1(C)C2(CCC[C@]1(C)CCO[Si](C)(C)C(C)(C)C)OCCO2)S(=O)(=O)c1ccccc1. The van der Waals surface area contributed by atoms with Crippen LogP contribution in [0.25, 0.3) is 0 Å². The highest BCUT2D eigenvalue weighted by Crippen LogP contribution is 2.62. The van der Waals surface area contributed by atoms with Crippen LogP contribution in [0.2, 0.25) is 18.1 Å². The largest absolute Gasteiger partial charge is 0.444 e. The summed E-state index contributed by atoms with van der Waals surface area (Å²) in [5, 5.41) is 11.2. The zero-order valence-corrected chi connectivity index (χ0v) is 37.5. The van der Waals surface area contributed by atoms with Crippen LogP contribution < -0.4 is 0 Å². The Hall–Kier alpha value is -2.32. The molecule has 0 radical (unpaired) electrons. The standard InChI is InChI=1S/C44H69NO9SSi/c1-33(30-35-31-45(41(5,6)54-35)39(47)50-32-34-18-13-11-14-19-34)38(55(48,49)36-20-15-12-16-21-36)37(46)22-25-43(8)42(7,23-17-24-44(43)51-28-29-52-44)26-27-53-56(9,10)40(2,3)4/h11-16,18-21,33,35,37-38,46H,17,22-32H2,1-10H3/t33-,35+,37?,38?,42+,43-/m0/s1. The highest BCUT2D eigenvalue weighted by atomic mass is 32.2. The van der Waals surface area contributed by atoms with Gasteiger partial charge in [-0.15, -0.1) is 0 Å². The number of aliphatic hydroxyl groups is 1. The Morgan fingerprint density at radius 3 is 2.18 bits per heavy atom. The van der Waals surface area contributed by atoms with Crippen molar-refractivity contribution in [1.29, 1.82) is 0 Å². The summed E-state index contributed by atoms with van der Waals surface area (Å²) in [4.78, 5) is 15.0. The number of aliphatic hydroxyl groups excluding tert-OH is 1. The van der Waals surface area contributed by atoms with Gasteiger partial charge in [-0.05, 0) is 99.5 Å². The Bertz CT molecular complexity index is 1710. The molecule has 0 bridgehead atoms. The van der Waals surface area contributed by atoms with Gasteiger partial charge in [0.1, 0.15) is 12.3 Å². The molecule has 2 aliphatic heterocycles. The number of amides is 1. The molecular formula is C44H69NO9SSi. The third-order valence-corrected chi connectivity index (χ3v) is 20.9. The van der Waals surface area contributed by atoms with E-state index in [-0.39, 0.29) is 34.9 Å². The molecule has 1 saturated carbocycles. The van der Waals surface area contributed by atoms with Gasteiger partial charge < -0.3 is 28.5 Å². The van der Waals surface area contributed by atoms with Gasteiger partial charge in [-0.25, -0.2) is 13.2 Å². The minimum absolute atomic E-state index is 0.0893. The quantitative estimate of drug-likeness (QED) is 0.176. The molecule has 56 heavy (non-hydrogen) atoms. The number of benzene rings is 2. The minimum atomic E-state index is -4.00. The van der Waals surface area contributed by atoms with Gasteiger partial charge in [-0.3, -0.25) is 4.90 Å². The lowest BCUT2D eigenvalue weighted by Crippen LogP contribution is -2.60. The van der Waals surface area contributed by atoms with E-state index in [2.05, 4.69) is 47.7 Å². The smallest absolute Gasteiger partial charge is 0.412 e. The molecule has 1 spiro atoms. The van der Waals surface area contributed by atoms with Crippen LogP contribution >= 0.6 is 0 Å². The van der Waals surface area contributed by atoms with Gasteiger partial charge in [0, 0.05) is 18.4 Å². The summed E-state index contributed by atoms with van der Waals surface area (Å²) < 4.78 is 61.0. The highest BCUT2D eigenvalue weighted by Gasteiger charge is 2.63.